The Bertz CT molecular complexity index is 1320. The summed E-state index contributed by atoms with van der Waals surface area (Å²) < 4.78 is 1.91. The highest BCUT2D eigenvalue weighted by Crippen LogP contribution is 2.25. The number of carbonyl (C=O) groups is 2. The van der Waals surface area contributed by atoms with Crippen molar-refractivity contribution in [1.82, 2.24) is 14.3 Å². The van der Waals surface area contributed by atoms with Gasteiger partial charge in [-0.25, -0.2) is 4.98 Å². The molecule has 3 N–H and O–H groups in total. The number of hydrogen-bond donors (Lipinski definition) is 2. The van der Waals surface area contributed by atoms with E-state index < -0.39 is 6.10 Å². The maximum Gasteiger partial charge on any atom is 0.261 e. The molecule has 0 bridgehead atoms. The molecular formula is C26H24N4O3. The van der Waals surface area contributed by atoms with E-state index in [0.717, 1.165) is 28.0 Å². The third kappa shape index (κ3) is 3.82. The molecule has 7 heteroatoms. The highest BCUT2D eigenvalue weighted by atomic mass is 16.3. The lowest BCUT2D eigenvalue weighted by molar-refractivity contribution is 0.0644. The second kappa shape index (κ2) is 8.27. The van der Waals surface area contributed by atoms with Crippen molar-refractivity contribution in [3.63, 3.8) is 0 Å². The first-order valence-corrected chi connectivity index (χ1v) is 10.9. The van der Waals surface area contributed by atoms with Gasteiger partial charge in [0, 0.05) is 36.1 Å². The Hall–Kier alpha value is -3.81. The van der Waals surface area contributed by atoms with E-state index in [2.05, 4.69) is 0 Å². The average molecular weight is 441 g/mol. The first-order valence-electron chi connectivity index (χ1n) is 10.9. The Labute approximate surface area is 191 Å². The zero-order valence-electron chi connectivity index (χ0n) is 18.2. The van der Waals surface area contributed by atoms with E-state index in [1.165, 1.54) is 4.90 Å². The molecule has 0 radical (unpaired) electrons. The highest BCUT2D eigenvalue weighted by Gasteiger charge is 2.35. The minimum absolute atomic E-state index is 0.169. The molecule has 0 aliphatic carbocycles. The average Bonchev–Trinajstić information content (AvgIpc) is 3.35. The van der Waals surface area contributed by atoms with Gasteiger partial charge in [-0.05, 0) is 37.1 Å². The van der Waals surface area contributed by atoms with Crippen LogP contribution in [0.2, 0.25) is 0 Å². The van der Waals surface area contributed by atoms with Crippen LogP contribution in [-0.2, 0) is 6.42 Å². The molecule has 1 unspecified atom stereocenters. The number of nitrogens with two attached hydrogens (primary N) is 1. The zero-order valence-corrected chi connectivity index (χ0v) is 18.2. The molecule has 2 aromatic heterocycles. The molecule has 33 heavy (non-hydrogen) atoms. The molecule has 0 saturated heterocycles. The quantitative estimate of drug-likeness (QED) is 0.449. The summed E-state index contributed by atoms with van der Waals surface area (Å²) >= 11 is 0. The van der Waals surface area contributed by atoms with Crippen LogP contribution >= 0.6 is 0 Å². The predicted molar refractivity (Wildman–Crippen MR) is 125 cm³/mol. The maximum atomic E-state index is 12.6. The zero-order chi connectivity index (χ0) is 23.1. The predicted octanol–water partition coefficient (Wildman–Crippen LogP) is 3.22. The molecule has 5 rings (SSSR count). The van der Waals surface area contributed by atoms with E-state index in [1.807, 2.05) is 53.2 Å². The van der Waals surface area contributed by atoms with Crippen LogP contribution in [0.4, 0.5) is 0 Å². The van der Waals surface area contributed by atoms with Crippen molar-refractivity contribution in [3.05, 3.63) is 95.3 Å². The number of aromatic nitrogens is 2. The van der Waals surface area contributed by atoms with E-state index in [4.69, 9.17) is 10.7 Å². The fourth-order valence-electron chi connectivity index (χ4n) is 4.32. The first-order chi connectivity index (χ1) is 15.9. The molecule has 0 spiro atoms. The molecule has 166 valence electrons. The summed E-state index contributed by atoms with van der Waals surface area (Å²) in [5.74, 6) is -0.574. The number of imide groups is 1. The van der Waals surface area contributed by atoms with Gasteiger partial charge in [-0.1, -0.05) is 42.5 Å². The number of aliphatic hydroxyl groups excluding tert-OH is 1. The van der Waals surface area contributed by atoms with E-state index in [-0.39, 0.29) is 24.4 Å². The molecule has 4 aromatic rings. The lowest BCUT2D eigenvalue weighted by Crippen LogP contribution is -2.41. The number of amides is 2. The molecular weight excluding hydrogens is 416 g/mol. The van der Waals surface area contributed by atoms with Crippen LogP contribution in [0.15, 0.2) is 73.1 Å². The summed E-state index contributed by atoms with van der Waals surface area (Å²) in [5.41, 5.74) is 11.5. The number of carbonyl (C=O) groups excluding carboxylic acids is 2. The van der Waals surface area contributed by atoms with Crippen LogP contribution in [0, 0.1) is 0 Å². The van der Waals surface area contributed by atoms with E-state index in [0.29, 0.717) is 17.5 Å². The second-order valence-corrected chi connectivity index (χ2v) is 8.42. The number of hydrogen-bond acceptors (Lipinski definition) is 5. The molecule has 3 heterocycles. The Morgan fingerprint density at radius 3 is 2.27 bits per heavy atom. The minimum atomic E-state index is -0.602. The number of nitrogens with zero attached hydrogens (tertiary/aromatic N) is 3. The van der Waals surface area contributed by atoms with Crippen LogP contribution in [-0.4, -0.2) is 43.8 Å². The van der Waals surface area contributed by atoms with Crippen LogP contribution < -0.4 is 5.73 Å². The van der Waals surface area contributed by atoms with Gasteiger partial charge in [-0.2, -0.15) is 0 Å². The van der Waals surface area contributed by atoms with Crippen LogP contribution in [0.25, 0.3) is 16.9 Å². The Morgan fingerprint density at radius 2 is 1.64 bits per heavy atom. The molecule has 1 aliphatic rings. The van der Waals surface area contributed by atoms with Crippen LogP contribution in [0.3, 0.4) is 0 Å². The van der Waals surface area contributed by atoms with Gasteiger partial charge in [-0.3, -0.25) is 14.5 Å². The number of fused-ring (bicyclic) bond motifs is 2. The highest BCUT2D eigenvalue weighted by molar-refractivity contribution is 6.21. The van der Waals surface area contributed by atoms with Crippen molar-refractivity contribution in [3.8, 4) is 11.3 Å². The largest absolute Gasteiger partial charge is 0.389 e. The van der Waals surface area contributed by atoms with E-state index in [1.54, 1.807) is 31.2 Å². The molecule has 1 aliphatic heterocycles. The SMILES string of the molecule is CC(O)c1cccn2cc(-c3ccc(C[C@H](N)CN4C(=O)c5ccccc5C4=O)cc3)nc12. The van der Waals surface area contributed by atoms with Crippen molar-refractivity contribution >= 4 is 17.5 Å². The van der Waals surface area contributed by atoms with Crippen molar-refractivity contribution in [2.24, 2.45) is 5.73 Å². The molecule has 2 aromatic carbocycles. The lowest BCUT2D eigenvalue weighted by atomic mass is 10.0. The number of pyridine rings is 1. The topological polar surface area (TPSA) is 101 Å². The van der Waals surface area contributed by atoms with Crippen molar-refractivity contribution < 1.29 is 14.7 Å². The molecule has 0 saturated carbocycles. The first kappa shape index (κ1) is 21.1. The Morgan fingerprint density at radius 1 is 0.970 bits per heavy atom. The fraction of sp³-hybridized carbons (Fsp3) is 0.192. The number of rotatable bonds is 6. The van der Waals surface area contributed by atoms with Gasteiger partial charge in [0.2, 0.25) is 0 Å². The van der Waals surface area contributed by atoms with E-state index >= 15 is 0 Å². The Kier molecular flexibility index (Phi) is 5.28. The molecule has 2 atom stereocenters. The van der Waals surface area contributed by atoms with Crippen molar-refractivity contribution in [1.29, 1.82) is 0 Å². The normalized spacial score (nSPS) is 15.2. The molecule has 2 amide bonds. The molecule has 0 fully saturated rings. The lowest BCUT2D eigenvalue weighted by Gasteiger charge is -2.19. The third-order valence-electron chi connectivity index (χ3n) is 6.01. The summed E-state index contributed by atoms with van der Waals surface area (Å²) in [7, 11) is 0. The maximum absolute atomic E-state index is 12.6. The second-order valence-electron chi connectivity index (χ2n) is 8.42. The number of imidazole rings is 1. The number of benzene rings is 2. The number of aliphatic hydroxyl groups is 1. The van der Waals surface area contributed by atoms with Gasteiger partial charge >= 0.3 is 0 Å². The van der Waals surface area contributed by atoms with Gasteiger partial charge < -0.3 is 15.2 Å². The fourth-order valence-corrected chi connectivity index (χ4v) is 4.32. The summed E-state index contributed by atoms with van der Waals surface area (Å²) in [5, 5.41) is 10.00. The monoisotopic (exact) mass is 440 g/mol. The standard InChI is InChI=1S/C26H24N4O3/c1-16(31)20-7-4-12-29-15-23(28-24(20)29)18-10-8-17(9-11-18)13-19(27)14-30-25(32)21-5-2-3-6-22(21)26(30)33/h2-12,15-16,19,31H,13-14,27H2,1H3/t16?,19-/m0/s1. The van der Waals surface area contributed by atoms with Crippen LogP contribution in [0.5, 0.6) is 0 Å². The summed E-state index contributed by atoms with van der Waals surface area (Å²) in [4.78, 5) is 31.1. The summed E-state index contributed by atoms with van der Waals surface area (Å²) in [6, 6.07) is 18.2. The van der Waals surface area contributed by atoms with Gasteiger partial charge in [0.15, 0.2) is 0 Å². The summed E-state index contributed by atoms with van der Waals surface area (Å²) in [6.07, 6.45) is 3.77. The Balaban J connectivity index is 1.29. The van der Waals surface area contributed by atoms with Gasteiger partial charge in [-0.15, -0.1) is 0 Å². The van der Waals surface area contributed by atoms with Crippen molar-refractivity contribution in [2.75, 3.05) is 6.54 Å². The van der Waals surface area contributed by atoms with E-state index in [9.17, 15) is 14.7 Å². The molecule has 7 nitrogen and oxygen atoms in total. The minimum Gasteiger partial charge on any atom is -0.389 e. The third-order valence-corrected chi connectivity index (χ3v) is 6.01. The van der Waals surface area contributed by atoms with Gasteiger partial charge in [0.05, 0.1) is 22.9 Å². The van der Waals surface area contributed by atoms with Gasteiger partial charge in [0.1, 0.15) is 5.65 Å². The van der Waals surface area contributed by atoms with Crippen LogP contribution in [0.1, 0.15) is 44.9 Å². The summed E-state index contributed by atoms with van der Waals surface area (Å²) in [6.45, 7) is 1.90. The van der Waals surface area contributed by atoms with Crippen molar-refractivity contribution in [2.45, 2.75) is 25.5 Å². The smallest absolute Gasteiger partial charge is 0.261 e. The van der Waals surface area contributed by atoms with Gasteiger partial charge in [0.25, 0.3) is 11.8 Å².